The molecule has 0 aliphatic heterocycles. The molecule has 8 heteroatoms. The summed E-state index contributed by atoms with van der Waals surface area (Å²) in [7, 11) is -0.971. The predicted octanol–water partition coefficient (Wildman–Crippen LogP) is 2.66. The Bertz CT molecular complexity index is 750. The number of hydrogen-bond donors (Lipinski definition) is 1. The summed E-state index contributed by atoms with van der Waals surface area (Å²) in [6.07, 6.45) is 1.55. The van der Waals surface area contributed by atoms with Crippen LogP contribution in [0.4, 0.5) is 5.69 Å². The lowest BCUT2D eigenvalue weighted by Crippen LogP contribution is -2.14. The van der Waals surface area contributed by atoms with Gasteiger partial charge in [-0.1, -0.05) is 0 Å². The highest BCUT2D eigenvalue weighted by atomic mass is 79.9. The lowest BCUT2D eigenvalue weighted by molar-refractivity contribution is 0.392. The normalized spacial score (nSPS) is 11.0. The Balaban J connectivity index is 2.46. The lowest BCUT2D eigenvalue weighted by Gasteiger charge is -2.13. The number of rotatable bonds is 5. The van der Waals surface area contributed by atoms with Gasteiger partial charge in [-0.05, 0) is 40.2 Å². The van der Waals surface area contributed by atoms with Gasteiger partial charge in [-0.2, -0.15) is 0 Å². The standard InChI is InChI=1S/C13H13BrN2O4S/c1-19-9-5-6-11(20-2)12(8-9)21(17,18)16-10-4-3-7-15-13(10)14/h3-8,16H,1-2H3. The summed E-state index contributed by atoms with van der Waals surface area (Å²) in [5.74, 6) is 0.643. The van der Waals surface area contributed by atoms with Crippen LogP contribution in [-0.4, -0.2) is 27.6 Å². The van der Waals surface area contributed by atoms with Crippen LogP contribution in [0.15, 0.2) is 46.0 Å². The van der Waals surface area contributed by atoms with Crippen LogP contribution < -0.4 is 14.2 Å². The van der Waals surface area contributed by atoms with E-state index in [1.165, 1.54) is 26.4 Å². The second kappa shape index (κ2) is 6.31. The summed E-state index contributed by atoms with van der Waals surface area (Å²) in [6.45, 7) is 0. The third kappa shape index (κ3) is 3.45. The van der Waals surface area contributed by atoms with Crippen LogP contribution in [0.5, 0.6) is 11.5 Å². The van der Waals surface area contributed by atoms with E-state index < -0.39 is 10.0 Å². The van der Waals surface area contributed by atoms with Crippen LogP contribution in [0.3, 0.4) is 0 Å². The van der Waals surface area contributed by atoms with Gasteiger partial charge in [-0.3, -0.25) is 4.72 Å². The van der Waals surface area contributed by atoms with Crippen molar-refractivity contribution in [2.24, 2.45) is 0 Å². The van der Waals surface area contributed by atoms with Crippen LogP contribution in [0, 0.1) is 0 Å². The van der Waals surface area contributed by atoms with E-state index in [1.54, 1.807) is 24.4 Å². The molecule has 1 aromatic heterocycles. The van der Waals surface area contributed by atoms with E-state index in [0.717, 1.165) is 0 Å². The van der Waals surface area contributed by atoms with Gasteiger partial charge < -0.3 is 9.47 Å². The number of nitrogens with zero attached hydrogens (tertiary/aromatic N) is 1. The first-order valence-corrected chi connectivity index (χ1v) is 8.11. The molecule has 0 aliphatic carbocycles. The summed E-state index contributed by atoms with van der Waals surface area (Å²) in [6, 6.07) is 7.78. The molecule has 1 heterocycles. The maximum absolute atomic E-state index is 12.5. The monoisotopic (exact) mass is 372 g/mol. The van der Waals surface area contributed by atoms with E-state index in [0.29, 0.717) is 16.0 Å². The molecule has 1 aromatic carbocycles. The zero-order chi connectivity index (χ0) is 15.5. The quantitative estimate of drug-likeness (QED) is 0.816. The van der Waals surface area contributed by atoms with Crippen molar-refractivity contribution in [2.45, 2.75) is 4.90 Å². The summed E-state index contributed by atoms with van der Waals surface area (Å²) >= 11 is 3.19. The molecule has 0 unspecified atom stereocenters. The second-order valence-corrected chi connectivity index (χ2v) is 6.37. The molecule has 2 rings (SSSR count). The smallest absolute Gasteiger partial charge is 0.265 e. The number of aromatic nitrogens is 1. The Morgan fingerprint density at radius 1 is 1.19 bits per heavy atom. The van der Waals surface area contributed by atoms with Gasteiger partial charge in [0.05, 0.1) is 19.9 Å². The van der Waals surface area contributed by atoms with E-state index in [1.807, 2.05) is 0 Å². The minimum absolute atomic E-state index is 0.0138. The zero-order valence-electron chi connectivity index (χ0n) is 11.3. The minimum Gasteiger partial charge on any atom is -0.497 e. The number of methoxy groups -OCH3 is 2. The molecule has 112 valence electrons. The topological polar surface area (TPSA) is 77.5 Å². The summed E-state index contributed by atoms with van der Waals surface area (Å²) < 4.78 is 38.0. The molecular formula is C13H13BrN2O4S. The van der Waals surface area contributed by atoms with Crippen molar-refractivity contribution in [2.75, 3.05) is 18.9 Å². The average Bonchev–Trinajstić information content (AvgIpc) is 2.48. The number of sulfonamides is 1. The third-order valence-corrected chi connectivity index (χ3v) is 4.68. The largest absolute Gasteiger partial charge is 0.497 e. The summed E-state index contributed by atoms with van der Waals surface area (Å²) in [5.41, 5.74) is 0.336. The molecule has 0 amide bonds. The van der Waals surface area contributed by atoms with Crippen molar-refractivity contribution < 1.29 is 17.9 Å². The zero-order valence-corrected chi connectivity index (χ0v) is 13.7. The lowest BCUT2D eigenvalue weighted by atomic mass is 10.3. The number of anilines is 1. The third-order valence-electron chi connectivity index (χ3n) is 2.66. The van der Waals surface area contributed by atoms with Crippen molar-refractivity contribution in [3.63, 3.8) is 0 Å². The molecule has 1 N–H and O–H groups in total. The highest BCUT2D eigenvalue weighted by Gasteiger charge is 2.21. The van der Waals surface area contributed by atoms with Crippen molar-refractivity contribution >= 4 is 31.6 Å². The van der Waals surface area contributed by atoms with Gasteiger partial charge in [0.15, 0.2) is 0 Å². The van der Waals surface area contributed by atoms with E-state index in [4.69, 9.17) is 9.47 Å². The Morgan fingerprint density at radius 3 is 2.57 bits per heavy atom. The molecule has 6 nitrogen and oxygen atoms in total. The van der Waals surface area contributed by atoms with E-state index in [9.17, 15) is 8.42 Å². The number of benzene rings is 1. The molecular weight excluding hydrogens is 360 g/mol. The minimum atomic E-state index is -3.84. The molecule has 0 fully saturated rings. The van der Waals surface area contributed by atoms with Crippen LogP contribution in [0.1, 0.15) is 0 Å². The average molecular weight is 373 g/mol. The van der Waals surface area contributed by atoms with Crippen LogP contribution in [-0.2, 0) is 10.0 Å². The van der Waals surface area contributed by atoms with Crippen molar-refractivity contribution in [1.29, 1.82) is 0 Å². The first kappa shape index (κ1) is 15.6. The summed E-state index contributed by atoms with van der Waals surface area (Å²) in [5, 5.41) is 0. The molecule has 0 spiro atoms. The summed E-state index contributed by atoms with van der Waals surface area (Å²) in [4.78, 5) is 3.95. The predicted molar refractivity (Wildman–Crippen MR) is 82.3 cm³/mol. The fourth-order valence-corrected chi connectivity index (χ4v) is 3.39. The molecule has 0 atom stereocenters. The van der Waals surface area contributed by atoms with Gasteiger partial charge in [-0.15, -0.1) is 0 Å². The number of pyridine rings is 1. The van der Waals surface area contributed by atoms with Gasteiger partial charge >= 0.3 is 0 Å². The second-order valence-electron chi connectivity index (χ2n) is 3.96. The van der Waals surface area contributed by atoms with Crippen molar-refractivity contribution in [3.05, 3.63) is 41.1 Å². The van der Waals surface area contributed by atoms with Crippen LogP contribution in [0.25, 0.3) is 0 Å². The Morgan fingerprint density at radius 2 is 1.95 bits per heavy atom. The number of nitrogens with one attached hydrogen (secondary N) is 1. The number of ether oxygens (including phenoxy) is 2. The Hall–Kier alpha value is -1.80. The highest BCUT2D eigenvalue weighted by Crippen LogP contribution is 2.30. The number of hydrogen-bond acceptors (Lipinski definition) is 5. The molecule has 2 aromatic rings. The van der Waals surface area contributed by atoms with Crippen LogP contribution >= 0.6 is 15.9 Å². The first-order chi connectivity index (χ1) is 9.97. The van der Waals surface area contributed by atoms with Gasteiger partial charge in [-0.25, -0.2) is 13.4 Å². The Kier molecular flexibility index (Phi) is 4.69. The molecule has 21 heavy (non-hydrogen) atoms. The molecule has 0 saturated heterocycles. The SMILES string of the molecule is COc1ccc(OC)c(S(=O)(=O)Nc2cccnc2Br)c1. The molecule has 0 aliphatic rings. The van der Waals surface area contributed by atoms with Crippen molar-refractivity contribution in [3.8, 4) is 11.5 Å². The Labute approximate surface area is 131 Å². The van der Waals surface area contributed by atoms with Crippen LogP contribution in [0.2, 0.25) is 0 Å². The number of halogens is 1. The molecule has 0 radical (unpaired) electrons. The molecule has 0 saturated carbocycles. The van der Waals surface area contributed by atoms with Gasteiger partial charge in [0.25, 0.3) is 10.0 Å². The first-order valence-electron chi connectivity index (χ1n) is 5.83. The highest BCUT2D eigenvalue weighted by molar-refractivity contribution is 9.10. The molecule has 0 bridgehead atoms. The maximum Gasteiger partial charge on any atom is 0.265 e. The fourth-order valence-electron chi connectivity index (χ4n) is 1.66. The maximum atomic E-state index is 12.5. The van der Waals surface area contributed by atoms with Gasteiger partial charge in [0, 0.05) is 12.3 Å². The van der Waals surface area contributed by atoms with Gasteiger partial charge in [0.2, 0.25) is 0 Å². The fraction of sp³-hybridized carbons (Fsp3) is 0.154. The van der Waals surface area contributed by atoms with E-state index in [-0.39, 0.29) is 10.6 Å². The van der Waals surface area contributed by atoms with E-state index >= 15 is 0 Å². The van der Waals surface area contributed by atoms with E-state index in [2.05, 4.69) is 25.6 Å². The van der Waals surface area contributed by atoms with Gasteiger partial charge in [0.1, 0.15) is 21.0 Å². The van der Waals surface area contributed by atoms with Crippen molar-refractivity contribution in [1.82, 2.24) is 4.98 Å².